The number of carbonyl (C=O) groups excluding carboxylic acids is 1. The number of para-hydroxylation sites is 2. The minimum atomic E-state index is -3.55. The third kappa shape index (κ3) is 5.34. The van der Waals surface area contributed by atoms with Gasteiger partial charge in [0.1, 0.15) is 11.6 Å². The molecule has 0 spiro atoms. The van der Waals surface area contributed by atoms with Gasteiger partial charge in [-0.1, -0.05) is 29.8 Å². The van der Waals surface area contributed by atoms with Crippen LogP contribution >= 0.6 is 23.4 Å². The van der Waals surface area contributed by atoms with Gasteiger partial charge in [-0.25, -0.2) is 12.8 Å². The number of thioether (sulfide) groups is 1. The van der Waals surface area contributed by atoms with E-state index in [1.54, 1.807) is 36.4 Å². The van der Waals surface area contributed by atoms with E-state index in [4.69, 9.17) is 16.3 Å². The average Bonchev–Trinajstić information content (AvgIpc) is 2.68. The van der Waals surface area contributed by atoms with Gasteiger partial charge in [0, 0.05) is 28.6 Å². The summed E-state index contributed by atoms with van der Waals surface area (Å²) in [5.41, 5.74) is 0.845. The number of fused-ring (bicyclic) bond motifs is 1. The molecule has 29 heavy (non-hydrogen) atoms. The monoisotopic (exact) mass is 458 g/mol. The molecule has 2 aromatic carbocycles. The molecule has 0 aliphatic carbocycles. The first-order chi connectivity index (χ1) is 13.8. The highest BCUT2D eigenvalue weighted by Crippen LogP contribution is 2.34. The first kappa shape index (κ1) is 21.7. The molecule has 0 aromatic heterocycles. The lowest BCUT2D eigenvalue weighted by Gasteiger charge is -2.33. The number of anilines is 1. The normalized spacial score (nSPS) is 16.1. The maximum absolute atomic E-state index is 13.7. The number of carbonyl (C=O) groups is 1. The van der Waals surface area contributed by atoms with Crippen molar-refractivity contribution in [3.63, 3.8) is 0 Å². The minimum absolute atomic E-state index is 0.0976. The topological polar surface area (TPSA) is 75.7 Å². The lowest BCUT2D eigenvalue weighted by atomic mass is 10.2. The van der Waals surface area contributed by atoms with E-state index in [0.717, 1.165) is 6.26 Å². The van der Waals surface area contributed by atoms with Gasteiger partial charge in [-0.2, -0.15) is 11.8 Å². The van der Waals surface area contributed by atoms with Crippen LogP contribution in [0, 0.1) is 5.82 Å². The molecule has 2 aromatic rings. The molecule has 1 aliphatic heterocycles. The van der Waals surface area contributed by atoms with Crippen LogP contribution in [0.15, 0.2) is 42.5 Å². The summed E-state index contributed by atoms with van der Waals surface area (Å²) in [5, 5.41) is 3.11. The zero-order valence-electron chi connectivity index (χ0n) is 15.6. The fraction of sp³-hybridized carbons (Fsp3) is 0.316. The van der Waals surface area contributed by atoms with Crippen LogP contribution in [0.5, 0.6) is 5.75 Å². The Hall–Kier alpha value is -1.97. The average molecular weight is 459 g/mol. The van der Waals surface area contributed by atoms with Gasteiger partial charge in [0.15, 0.2) is 6.10 Å². The molecule has 0 bridgehead atoms. The Labute approximate surface area is 178 Å². The molecule has 1 aliphatic rings. The van der Waals surface area contributed by atoms with E-state index in [-0.39, 0.29) is 12.4 Å². The van der Waals surface area contributed by atoms with Crippen LogP contribution in [-0.4, -0.2) is 45.5 Å². The van der Waals surface area contributed by atoms with Gasteiger partial charge in [0.05, 0.1) is 18.5 Å². The second-order valence-electron chi connectivity index (χ2n) is 6.41. The van der Waals surface area contributed by atoms with Gasteiger partial charge in [0.2, 0.25) is 10.0 Å². The summed E-state index contributed by atoms with van der Waals surface area (Å²) in [5.74, 6) is 0.501. The SMILES string of the molecule is CS(=O)(=O)N1CC(C(=O)NCCSCc2c(F)cccc2Cl)Oc2ccccc21. The van der Waals surface area contributed by atoms with E-state index in [2.05, 4.69) is 5.32 Å². The van der Waals surface area contributed by atoms with Crippen molar-refractivity contribution in [3.05, 3.63) is 58.9 Å². The molecule has 156 valence electrons. The van der Waals surface area contributed by atoms with Crippen LogP contribution in [0.4, 0.5) is 10.1 Å². The molecule has 1 amide bonds. The van der Waals surface area contributed by atoms with Crippen molar-refractivity contribution in [2.45, 2.75) is 11.9 Å². The third-order valence-electron chi connectivity index (χ3n) is 4.28. The van der Waals surface area contributed by atoms with Crippen LogP contribution in [0.25, 0.3) is 0 Å². The van der Waals surface area contributed by atoms with Crippen LogP contribution < -0.4 is 14.4 Å². The van der Waals surface area contributed by atoms with Crippen molar-refractivity contribution >= 4 is 45.0 Å². The Morgan fingerprint density at radius 2 is 2.07 bits per heavy atom. The minimum Gasteiger partial charge on any atom is -0.476 e. The number of halogens is 2. The van der Waals surface area contributed by atoms with Crippen LogP contribution in [-0.2, 0) is 20.6 Å². The number of nitrogens with zero attached hydrogens (tertiary/aromatic N) is 1. The molecule has 1 heterocycles. The number of sulfonamides is 1. The summed E-state index contributed by atoms with van der Waals surface area (Å²) in [4.78, 5) is 12.5. The van der Waals surface area contributed by atoms with Gasteiger partial charge in [-0.3, -0.25) is 9.10 Å². The number of benzene rings is 2. The first-order valence-electron chi connectivity index (χ1n) is 8.79. The van der Waals surface area contributed by atoms with Crippen molar-refractivity contribution < 1.29 is 22.3 Å². The standard InChI is InChI=1S/C19H20ClFN2O4S2/c1-29(25,26)23-11-18(27-17-8-3-2-7-16(17)23)19(24)22-9-10-28-12-13-14(20)5-4-6-15(13)21/h2-8,18H,9-12H2,1H3,(H,22,24). The van der Waals surface area contributed by atoms with Crippen LogP contribution in [0.3, 0.4) is 0 Å². The maximum atomic E-state index is 13.7. The molecular formula is C19H20ClFN2O4S2. The zero-order chi connectivity index (χ0) is 21.0. The molecule has 0 saturated heterocycles. The van der Waals surface area contributed by atoms with Crippen molar-refractivity contribution in [1.29, 1.82) is 0 Å². The number of hydrogen-bond acceptors (Lipinski definition) is 5. The fourth-order valence-corrected chi connectivity index (χ4v) is 4.97. The largest absolute Gasteiger partial charge is 0.476 e. The molecule has 10 heteroatoms. The summed E-state index contributed by atoms with van der Waals surface area (Å²) in [6, 6.07) is 11.2. The van der Waals surface area contributed by atoms with Crippen molar-refractivity contribution in [2.24, 2.45) is 0 Å². The third-order valence-corrected chi connectivity index (χ3v) is 6.77. The zero-order valence-corrected chi connectivity index (χ0v) is 18.0. The quantitative estimate of drug-likeness (QED) is 0.645. The Bertz CT molecular complexity index is 983. The van der Waals surface area contributed by atoms with E-state index in [0.29, 0.717) is 40.1 Å². The van der Waals surface area contributed by atoms with Crippen molar-refractivity contribution in [2.75, 3.05) is 29.4 Å². The summed E-state index contributed by atoms with van der Waals surface area (Å²) in [7, 11) is -3.55. The Morgan fingerprint density at radius 1 is 1.31 bits per heavy atom. The van der Waals surface area contributed by atoms with Crippen LogP contribution in [0.1, 0.15) is 5.56 Å². The predicted molar refractivity (Wildman–Crippen MR) is 114 cm³/mol. The molecular weight excluding hydrogens is 439 g/mol. The molecule has 3 rings (SSSR count). The van der Waals surface area contributed by atoms with Gasteiger partial charge in [0.25, 0.3) is 5.91 Å². The summed E-state index contributed by atoms with van der Waals surface area (Å²) in [6.45, 7) is 0.232. The summed E-state index contributed by atoms with van der Waals surface area (Å²) in [6.07, 6.45) is 0.139. The summed E-state index contributed by atoms with van der Waals surface area (Å²) < 4.78 is 44.8. The van der Waals surface area contributed by atoms with E-state index in [9.17, 15) is 17.6 Å². The highest BCUT2D eigenvalue weighted by Gasteiger charge is 2.34. The highest BCUT2D eigenvalue weighted by atomic mass is 35.5. The summed E-state index contributed by atoms with van der Waals surface area (Å²) >= 11 is 7.42. The predicted octanol–water partition coefficient (Wildman–Crippen LogP) is 3.06. The van der Waals surface area contributed by atoms with E-state index in [1.165, 1.54) is 22.1 Å². The lowest BCUT2D eigenvalue weighted by molar-refractivity contribution is -0.127. The van der Waals surface area contributed by atoms with Gasteiger partial charge in [-0.05, 0) is 24.3 Å². The number of hydrogen-bond donors (Lipinski definition) is 1. The number of nitrogens with one attached hydrogen (secondary N) is 1. The smallest absolute Gasteiger partial charge is 0.263 e. The second-order valence-corrected chi connectivity index (χ2v) is 9.83. The van der Waals surface area contributed by atoms with E-state index in [1.807, 2.05) is 0 Å². The number of rotatable bonds is 7. The fourth-order valence-electron chi connectivity index (χ4n) is 2.86. The molecule has 1 atom stereocenters. The Kier molecular flexibility index (Phi) is 6.92. The molecule has 1 unspecified atom stereocenters. The molecule has 0 saturated carbocycles. The molecule has 6 nitrogen and oxygen atoms in total. The van der Waals surface area contributed by atoms with Crippen molar-refractivity contribution in [3.8, 4) is 5.75 Å². The molecule has 0 radical (unpaired) electrons. The second kappa shape index (κ2) is 9.23. The lowest BCUT2D eigenvalue weighted by Crippen LogP contribution is -2.50. The Balaban J connectivity index is 1.53. The van der Waals surface area contributed by atoms with E-state index < -0.39 is 22.0 Å². The number of ether oxygens (including phenoxy) is 1. The molecule has 0 fully saturated rings. The highest BCUT2D eigenvalue weighted by molar-refractivity contribution is 7.98. The van der Waals surface area contributed by atoms with Gasteiger partial charge in [-0.15, -0.1) is 0 Å². The van der Waals surface area contributed by atoms with Gasteiger partial charge < -0.3 is 10.1 Å². The van der Waals surface area contributed by atoms with E-state index >= 15 is 0 Å². The maximum Gasteiger partial charge on any atom is 0.263 e. The number of amides is 1. The first-order valence-corrected chi connectivity index (χ1v) is 12.2. The van der Waals surface area contributed by atoms with Crippen LogP contribution in [0.2, 0.25) is 5.02 Å². The van der Waals surface area contributed by atoms with Crippen molar-refractivity contribution in [1.82, 2.24) is 5.32 Å². The molecule has 1 N–H and O–H groups in total. The Morgan fingerprint density at radius 3 is 2.79 bits per heavy atom. The van der Waals surface area contributed by atoms with Gasteiger partial charge >= 0.3 is 0 Å².